The fourth-order valence-electron chi connectivity index (χ4n) is 3.13. The molecule has 0 aromatic heterocycles. The predicted molar refractivity (Wildman–Crippen MR) is 107 cm³/mol. The average molecular weight is 431 g/mol. The van der Waals surface area contributed by atoms with Gasteiger partial charge in [-0.25, -0.2) is 0 Å². The van der Waals surface area contributed by atoms with E-state index in [1.165, 1.54) is 11.8 Å². The van der Waals surface area contributed by atoms with Crippen LogP contribution in [0, 0.1) is 5.92 Å². The fraction of sp³-hybridized carbons (Fsp3) is 0.737. The Labute approximate surface area is 174 Å². The number of ether oxygens (including phenoxy) is 1. The van der Waals surface area contributed by atoms with Crippen molar-refractivity contribution in [2.24, 2.45) is 5.92 Å². The van der Waals surface area contributed by atoms with Crippen molar-refractivity contribution in [2.45, 2.75) is 58.5 Å². The molecule has 0 bridgehead atoms. The van der Waals surface area contributed by atoms with Crippen molar-refractivity contribution in [1.29, 1.82) is 0 Å². The maximum Gasteiger partial charge on any atom is 0.306 e. The molecule has 164 valence electrons. The SMILES string of the molecule is CCOC(=O)CCSC(=O)[C@@H]1CCCN1C(=O)[C@H](C)CC(=O)[C@H](CO)NC(C)=O. The van der Waals surface area contributed by atoms with E-state index in [1.807, 2.05) is 0 Å². The first-order chi connectivity index (χ1) is 13.7. The summed E-state index contributed by atoms with van der Waals surface area (Å²) < 4.78 is 4.83. The Morgan fingerprint density at radius 2 is 1.97 bits per heavy atom. The number of hydrogen-bond acceptors (Lipinski definition) is 8. The van der Waals surface area contributed by atoms with Crippen molar-refractivity contribution in [3.63, 3.8) is 0 Å². The Morgan fingerprint density at radius 3 is 2.55 bits per heavy atom. The minimum atomic E-state index is -1.04. The Kier molecular flexibility index (Phi) is 10.9. The second-order valence-electron chi connectivity index (χ2n) is 6.92. The van der Waals surface area contributed by atoms with Crippen LogP contribution in [0.2, 0.25) is 0 Å². The molecular formula is C19H30N2O7S. The third-order valence-electron chi connectivity index (χ3n) is 4.54. The molecule has 0 aliphatic carbocycles. The Bertz CT molecular complexity index is 626. The zero-order chi connectivity index (χ0) is 22.0. The number of hydrogen-bond donors (Lipinski definition) is 2. The number of nitrogens with zero attached hydrogens (tertiary/aromatic N) is 1. The summed E-state index contributed by atoms with van der Waals surface area (Å²) in [6.45, 7) is 4.73. The third-order valence-corrected chi connectivity index (χ3v) is 5.51. The highest BCUT2D eigenvalue weighted by atomic mass is 32.2. The van der Waals surface area contributed by atoms with Crippen LogP contribution in [0.1, 0.15) is 46.5 Å². The smallest absolute Gasteiger partial charge is 0.306 e. The molecule has 0 aromatic carbocycles. The highest BCUT2D eigenvalue weighted by molar-refractivity contribution is 8.13. The van der Waals surface area contributed by atoms with Gasteiger partial charge in [0.2, 0.25) is 16.9 Å². The molecule has 1 rings (SSSR count). The van der Waals surface area contributed by atoms with E-state index in [0.717, 1.165) is 11.8 Å². The average Bonchev–Trinajstić information content (AvgIpc) is 3.15. The number of nitrogens with one attached hydrogen (secondary N) is 1. The van der Waals surface area contributed by atoms with Gasteiger partial charge >= 0.3 is 5.97 Å². The molecule has 2 N–H and O–H groups in total. The van der Waals surface area contributed by atoms with E-state index in [0.29, 0.717) is 25.1 Å². The minimum absolute atomic E-state index is 0.127. The summed E-state index contributed by atoms with van der Waals surface area (Å²) in [4.78, 5) is 61.5. The topological polar surface area (TPSA) is 130 Å². The van der Waals surface area contributed by atoms with Crippen LogP contribution >= 0.6 is 11.8 Å². The molecule has 0 radical (unpaired) electrons. The van der Waals surface area contributed by atoms with Crippen LogP contribution < -0.4 is 5.32 Å². The summed E-state index contributed by atoms with van der Waals surface area (Å²) in [7, 11) is 0. The normalized spacial score (nSPS) is 18.1. The summed E-state index contributed by atoms with van der Waals surface area (Å²) in [5, 5.41) is 11.4. The highest BCUT2D eigenvalue weighted by Gasteiger charge is 2.37. The van der Waals surface area contributed by atoms with Crippen LogP contribution in [0.4, 0.5) is 0 Å². The molecule has 0 saturated carbocycles. The first-order valence-electron chi connectivity index (χ1n) is 9.74. The van der Waals surface area contributed by atoms with Crippen LogP contribution in [0.3, 0.4) is 0 Å². The fourth-order valence-corrected chi connectivity index (χ4v) is 4.03. The molecule has 10 heteroatoms. The van der Waals surface area contributed by atoms with Crippen molar-refractivity contribution < 1.29 is 33.8 Å². The number of aliphatic hydroxyl groups excluding tert-OH is 1. The Balaban J connectivity index is 2.60. The van der Waals surface area contributed by atoms with Crippen LogP contribution in [0.25, 0.3) is 0 Å². The second-order valence-corrected chi connectivity index (χ2v) is 8.02. The van der Waals surface area contributed by atoms with E-state index in [1.54, 1.807) is 13.8 Å². The summed E-state index contributed by atoms with van der Waals surface area (Å²) >= 11 is 1.01. The zero-order valence-corrected chi connectivity index (χ0v) is 18.0. The van der Waals surface area contributed by atoms with Gasteiger partial charge in [-0.2, -0.15) is 0 Å². The van der Waals surface area contributed by atoms with Crippen molar-refractivity contribution in [3.8, 4) is 0 Å². The summed E-state index contributed by atoms with van der Waals surface area (Å²) in [6.07, 6.45) is 1.22. The molecule has 0 aromatic rings. The lowest BCUT2D eigenvalue weighted by molar-refractivity contribution is -0.142. The van der Waals surface area contributed by atoms with Gasteiger partial charge in [0, 0.05) is 31.6 Å². The van der Waals surface area contributed by atoms with E-state index in [4.69, 9.17) is 4.74 Å². The number of aliphatic hydroxyl groups is 1. The Morgan fingerprint density at radius 1 is 1.28 bits per heavy atom. The number of rotatable bonds is 11. The van der Waals surface area contributed by atoms with Crippen molar-refractivity contribution in [2.75, 3.05) is 25.5 Å². The van der Waals surface area contributed by atoms with Gasteiger partial charge in [0.05, 0.1) is 19.6 Å². The van der Waals surface area contributed by atoms with Gasteiger partial charge in [-0.3, -0.25) is 24.0 Å². The van der Waals surface area contributed by atoms with E-state index in [9.17, 15) is 29.1 Å². The molecule has 1 saturated heterocycles. The van der Waals surface area contributed by atoms with Gasteiger partial charge in [0.15, 0.2) is 5.78 Å². The first kappa shape index (κ1) is 25.1. The number of Topliss-reactive ketones (excluding diaryl/α,β-unsaturated/α-hetero) is 1. The molecule has 1 heterocycles. The van der Waals surface area contributed by atoms with Crippen LogP contribution in [-0.2, 0) is 28.7 Å². The number of ketones is 1. The number of likely N-dealkylation sites (tertiary alicyclic amines) is 1. The molecule has 1 aliphatic rings. The van der Waals surface area contributed by atoms with Gasteiger partial charge < -0.3 is 20.1 Å². The lowest BCUT2D eigenvalue weighted by atomic mass is 9.98. The number of amides is 2. The van der Waals surface area contributed by atoms with E-state index < -0.39 is 36.3 Å². The zero-order valence-electron chi connectivity index (χ0n) is 17.1. The molecule has 0 spiro atoms. The monoisotopic (exact) mass is 430 g/mol. The second kappa shape index (κ2) is 12.6. The molecule has 0 unspecified atom stereocenters. The number of carbonyl (C=O) groups is 5. The summed E-state index contributed by atoms with van der Waals surface area (Å²) in [6, 6.07) is -1.62. The number of thioether (sulfide) groups is 1. The molecule has 3 atom stereocenters. The van der Waals surface area contributed by atoms with Crippen LogP contribution in [0.5, 0.6) is 0 Å². The Hall–Kier alpha value is -1.94. The standard InChI is InChI=1S/C19H30N2O7S/c1-4-28-17(25)7-9-29-19(27)15-6-5-8-21(15)18(26)12(2)10-16(24)14(11-22)20-13(3)23/h12,14-15,22H,4-11H2,1-3H3,(H,20,23)/t12-,14+,15+/m1/s1. The maximum atomic E-state index is 12.8. The summed E-state index contributed by atoms with van der Waals surface area (Å²) in [5.74, 6) is -1.94. The lowest BCUT2D eigenvalue weighted by Gasteiger charge is -2.26. The van der Waals surface area contributed by atoms with Gasteiger partial charge in [0.1, 0.15) is 12.1 Å². The van der Waals surface area contributed by atoms with Gasteiger partial charge in [-0.1, -0.05) is 18.7 Å². The van der Waals surface area contributed by atoms with E-state index in [2.05, 4.69) is 5.32 Å². The van der Waals surface area contributed by atoms with Gasteiger partial charge in [-0.15, -0.1) is 0 Å². The largest absolute Gasteiger partial charge is 0.466 e. The molecular weight excluding hydrogens is 400 g/mol. The molecule has 1 fully saturated rings. The number of carbonyl (C=O) groups excluding carboxylic acids is 5. The van der Waals surface area contributed by atoms with Crippen LogP contribution in [0.15, 0.2) is 0 Å². The third kappa shape index (κ3) is 8.14. The quantitative estimate of drug-likeness (QED) is 0.447. The van der Waals surface area contributed by atoms with Crippen molar-refractivity contribution in [3.05, 3.63) is 0 Å². The predicted octanol–water partition coefficient (Wildman–Crippen LogP) is 0.283. The molecule has 9 nitrogen and oxygen atoms in total. The van der Waals surface area contributed by atoms with Gasteiger partial charge in [-0.05, 0) is 19.8 Å². The molecule has 2 amide bonds. The first-order valence-corrected chi connectivity index (χ1v) is 10.7. The van der Waals surface area contributed by atoms with Crippen molar-refractivity contribution >= 4 is 40.4 Å². The minimum Gasteiger partial charge on any atom is -0.466 e. The van der Waals surface area contributed by atoms with Crippen LogP contribution in [-0.4, -0.2) is 76.3 Å². The number of esters is 1. The molecule has 1 aliphatic heterocycles. The van der Waals surface area contributed by atoms with E-state index in [-0.39, 0.29) is 36.4 Å². The van der Waals surface area contributed by atoms with Crippen molar-refractivity contribution in [1.82, 2.24) is 10.2 Å². The molecule has 29 heavy (non-hydrogen) atoms. The van der Waals surface area contributed by atoms with E-state index >= 15 is 0 Å². The lowest BCUT2D eigenvalue weighted by Crippen LogP contribution is -2.46. The highest BCUT2D eigenvalue weighted by Crippen LogP contribution is 2.25. The van der Waals surface area contributed by atoms with Gasteiger partial charge in [0.25, 0.3) is 0 Å². The summed E-state index contributed by atoms with van der Waals surface area (Å²) in [5.41, 5.74) is 0. The maximum absolute atomic E-state index is 12.8.